The van der Waals surface area contributed by atoms with Gasteiger partial charge in [-0.15, -0.1) is 0 Å². The molecule has 0 amide bonds. The molecule has 0 aliphatic rings. The second kappa shape index (κ2) is 5.39. The Morgan fingerprint density at radius 2 is 2.18 bits per heavy atom. The fraction of sp³-hybridized carbons (Fsp3) is 0.286. The predicted molar refractivity (Wildman–Crippen MR) is 70.4 cm³/mol. The molecule has 1 N–H and O–H groups in total. The lowest BCUT2D eigenvalue weighted by Crippen LogP contribution is -2.21. The molecule has 1 aromatic carbocycles. The lowest BCUT2D eigenvalue weighted by molar-refractivity contribution is 0.452. The molecule has 90 valence electrons. The Morgan fingerprint density at radius 3 is 2.76 bits per heavy atom. The molecule has 3 heteroatoms. The van der Waals surface area contributed by atoms with Crippen LogP contribution in [-0.2, 0) is 0 Å². The average Bonchev–Trinajstić information content (AvgIpc) is 2.83. The van der Waals surface area contributed by atoms with Crippen molar-refractivity contribution in [3.8, 4) is 0 Å². The van der Waals surface area contributed by atoms with E-state index in [0.717, 1.165) is 22.9 Å². The minimum absolute atomic E-state index is 0.0889. The number of halogens is 1. The Morgan fingerprint density at radius 1 is 1.35 bits per heavy atom. The molecule has 1 heterocycles. The van der Waals surface area contributed by atoms with E-state index >= 15 is 0 Å². The number of hydrogen-bond acceptors (Lipinski definition) is 2. The summed E-state index contributed by atoms with van der Waals surface area (Å²) in [5.41, 5.74) is 2.25. The fourth-order valence-corrected chi connectivity index (χ4v) is 2.01. The smallest absolute Gasteiger partial charge is 0.125 e. The van der Waals surface area contributed by atoms with Gasteiger partial charge in [-0.2, -0.15) is 0 Å². The van der Waals surface area contributed by atoms with Crippen molar-refractivity contribution in [2.45, 2.75) is 19.9 Å². The summed E-state index contributed by atoms with van der Waals surface area (Å²) in [6, 6.07) is 10.0. The van der Waals surface area contributed by atoms with Crippen molar-refractivity contribution in [2.75, 3.05) is 6.54 Å². The van der Waals surface area contributed by atoms with Gasteiger partial charge in [0.2, 0.25) is 0 Å². The largest absolute Gasteiger partial charge is 0.467 e. The molecule has 0 saturated heterocycles. The molecule has 2 aromatic rings. The second-order valence-corrected chi connectivity index (χ2v) is 4.42. The van der Waals surface area contributed by atoms with Crippen LogP contribution in [0.5, 0.6) is 0 Å². The van der Waals surface area contributed by atoms with Crippen molar-refractivity contribution >= 4 is 11.6 Å². The first-order chi connectivity index (χ1) is 8.22. The maximum absolute atomic E-state index is 6.04. The third-order valence-electron chi connectivity index (χ3n) is 2.75. The second-order valence-electron chi connectivity index (χ2n) is 4.01. The molecular weight excluding hydrogens is 234 g/mol. The average molecular weight is 250 g/mol. The molecule has 0 fully saturated rings. The molecule has 17 heavy (non-hydrogen) atoms. The van der Waals surface area contributed by atoms with Crippen LogP contribution in [0, 0.1) is 6.92 Å². The van der Waals surface area contributed by atoms with E-state index in [1.165, 1.54) is 5.56 Å². The van der Waals surface area contributed by atoms with E-state index in [0.29, 0.717) is 0 Å². The van der Waals surface area contributed by atoms with Gasteiger partial charge in [-0.05, 0) is 42.8 Å². The van der Waals surface area contributed by atoms with Gasteiger partial charge >= 0.3 is 0 Å². The van der Waals surface area contributed by atoms with E-state index in [1.807, 2.05) is 31.2 Å². The zero-order valence-corrected chi connectivity index (χ0v) is 10.8. The van der Waals surface area contributed by atoms with Crippen LogP contribution >= 0.6 is 11.6 Å². The quantitative estimate of drug-likeness (QED) is 0.888. The van der Waals surface area contributed by atoms with Crippen LogP contribution in [-0.4, -0.2) is 6.54 Å². The van der Waals surface area contributed by atoms with E-state index in [2.05, 4.69) is 18.3 Å². The highest BCUT2D eigenvalue weighted by molar-refractivity contribution is 6.31. The zero-order valence-electron chi connectivity index (χ0n) is 10.0. The molecular formula is C14H16ClNO. The molecule has 2 rings (SSSR count). The first-order valence-electron chi connectivity index (χ1n) is 5.75. The van der Waals surface area contributed by atoms with E-state index in [9.17, 15) is 0 Å². The lowest BCUT2D eigenvalue weighted by atomic mass is 10.0. The van der Waals surface area contributed by atoms with Crippen LogP contribution in [0.4, 0.5) is 0 Å². The van der Waals surface area contributed by atoms with Crippen LogP contribution in [0.1, 0.15) is 29.9 Å². The monoisotopic (exact) mass is 249 g/mol. The van der Waals surface area contributed by atoms with E-state index in [1.54, 1.807) is 6.26 Å². The van der Waals surface area contributed by atoms with Crippen LogP contribution in [0.2, 0.25) is 5.02 Å². The molecule has 1 atom stereocenters. The normalized spacial score (nSPS) is 12.6. The summed E-state index contributed by atoms with van der Waals surface area (Å²) in [6.45, 7) is 4.97. The van der Waals surface area contributed by atoms with Gasteiger partial charge in [0.15, 0.2) is 0 Å². The van der Waals surface area contributed by atoms with Crippen molar-refractivity contribution in [3.63, 3.8) is 0 Å². The first-order valence-corrected chi connectivity index (χ1v) is 6.13. The summed E-state index contributed by atoms with van der Waals surface area (Å²) in [4.78, 5) is 0. The molecule has 0 radical (unpaired) electrons. The molecule has 1 unspecified atom stereocenters. The van der Waals surface area contributed by atoms with Gasteiger partial charge < -0.3 is 9.73 Å². The van der Waals surface area contributed by atoms with E-state index in [-0.39, 0.29) is 6.04 Å². The third-order valence-corrected chi connectivity index (χ3v) is 3.18. The molecule has 0 saturated carbocycles. The Balaban J connectivity index is 2.35. The van der Waals surface area contributed by atoms with Crippen LogP contribution in [0.25, 0.3) is 0 Å². The summed E-state index contributed by atoms with van der Waals surface area (Å²) in [5.74, 6) is 0.925. The summed E-state index contributed by atoms with van der Waals surface area (Å²) >= 11 is 6.04. The maximum atomic E-state index is 6.04. The standard InChI is InChI=1S/C14H16ClNO/c1-3-16-14(13-5-4-8-17-13)11-6-7-12(15)10(2)9-11/h4-9,14,16H,3H2,1-2H3. The topological polar surface area (TPSA) is 25.2 Å². The number of nitrogens with one attached hydrogen (secondary N) is 1. The van der Waals surface area contributed by atoms with Crippen molar-refractivity contribution in [2.24, 2.45) is 0 Å². The minimum Gasteiger partial charge on any atom is -0.467 e. The number of aryl methyl sites for hydroxylation is 1. The van der Waals surface area contributed by atoms with Crippen LogP contribution in [0.15, 0.2) is 41.0 Å². The summed E-state index contributed by atoms with van der Waals surface area (Å²) in [5, 5.41) is 4.21. The van der Waals surface area contributed by atoms with Crippen molar-refractivity contribution in [1.29, 1.82) is 0 Å². The van der Waals surface area contributed by atoms with Gasteiger partial charge in [0, 0.05) is 5.02 Å². The van der Waals surface area contributed by atoms with Gasteiger partial charge in [-0.3, -0.25) is 0 Å². The van der Waals surface area contributed by atoms with Gasteiger partial charge in [-0.25, -0.2) is 0 Å². The fourth-order valence-electron chi connectivity index (χ4n) is 1.89. The third kappa shape index (κ3) is 2.71. The van der Waals surface area contributed by atoms with Crippen molar-refractivity contribution in [1.82, 2.24) is 5.32 Å². The summed E-state index contributed by atoms with van der Waals surface area (Å²) in [7, 11) is 0. The summed E-state index contributed by atoms with van der Waals surface area (Å²) < 4.78 is 5.48. The maximum Gasteiger partial charge on any atom is 0.125 e. The van der Waals surface area contributed by atoms with Crippen molar-refractivity contribution < 1.29 is 4.42 Å². The number of benzene rings is 1. The Labute approximate surface area is 107 Å². The van der Waals surface area contributed by atoms with E-state index < -0.39 is 0 Å². The molecule has 2 nitrogen and oxygen atoms in total. The molecule has 1 aromatic heterocycles. The van der Waals surface area contributed by atoms with Gasteiger partial charge in [0.05, 0.1) is 12.3 Å². The van der Waals surface area contributed by atoms with Gasteiger partial charge in [0.1, 0.15) is 5.76 Å². The minimum atomic E-state index is 0.0889. The number of furan rings is 1. The molecule has 0 aliphatic heterocycles. The van der Waals surface area contributed by atoms with Crippen molar-refractivity contribution in [3.05, 3.63) is 58.5 Å². The first kappa shape index (κ1) is 12.2. The van der Waals surface area contributed by atoms with E-state index in [4.69, 9.17) is 16.0 Å². The lowest BCUT2D eigenvalue weighted by Gasteiger charge is -2.16. The zero-order chi connectivity index (χ0) is 12.3. The molecule has 0 spiro atoms. The number of hydrogen-bond donors (Lipinski definition) is 1. The number of rotatable bonds is 4. The Hall–Kier alpha value is -1.25. The summed E-state index contributed by atoms with van der Waals surface area (Å²) in [6.07, 6.45) is 1.70. The van der Waals surface area contributed by atoms with Crippen LogP contribution in [0.3, 0.4) is 0 Å². The van der Waals surface area contributed by atoms with Gasteiger partial charge in [0.25, 0.3) is 0 Å². The molecule has 0 bridgehead atoms. The van der Waals surface area contributed by atoms with Crippen LogP contribution < -0.4 is 5.32 Å². The Kier molecular flexibility index (Phi) is 3.87. The molecule has 0 aliphatic carbocycles. The Bertz CT molecular complexity index is 479. The SMILES string of the molecule is CCNC(c1ccc(Cl)c(C)c1)c1ccco1. The predicted octanol–water partition coefficient (Wildman–Crippen LogP) is 3.94. The highest BCUT2D eigenvalue weighted by Gasteiger charge is 2.15. The highest BCUT2D eigenvalue weighted by Crippen LogP contribution is 2.26. The highest BCUT2D eigenvalue weighted by atomic mass is 35.5. The van der Waals surface area contributed by atoms with Gasteiger partial charge in [-0.1, -0.05) is 30.7 Å².